The molecular formula is C23H38Br2O. The van der Waals surface area contributed by atoms with Gasteiger partial charge in [0, 0.05) is 4.47 Å². The quantitative estimate of drug-likeness (QED) is 0.229. The molecule has 26 heavy (non-hydrogen) atoms. The Labute approximate surface area is 178 Å². The molecule has 0 aliphatic rings. The van der Waals surface area contributed by atoms with E-state index in [0.29, 0.717) is 5.75 Å². The molecule has 150 valence electrons. The molecule has 0 unspecified atom stereocenters. The fourth-order valence-electron chi connectivity index (χ4n) is 3.50. The van der Waals surface area contributed by atoms with Gasteiger partial charge >= 0.3 is 0 Å². The van der Waals surface area contributed by atoms with Crippen molar-refractivity contribution in [2.75, 3.05) is 0 Å². The third-order valence-corrected chi connectivity index (χ3v) is 6.22. The van der Waals surface area contributed by atoms with Crippen LogP contribution in [0.25, 0.3) is 0 Å². The molecule has 0 aromatic heterocycles. The molecule has 1 aromatic rings. The van der Waals surface area contributed by atoms with Crippen molar-refractivity contribution >= 4 is 31.9 Å². The molecule has 0 aliphatic carbocycles. The lowest BCUT2D eigenvalue weighted by molar-refractivity contribution is 0.462. The molecule has 0 spiro atoms. The number of unbranched alkanes of at least 4 members (excludes halogenated alkanes) is 14. The smallest absolute Gasteiger partial charge is 0.133 e. The Morgan fingerprint density at radius 2 is 1.08 bits per heavy atom. The first-order valence-electron chi connectivity index (χ1n) is 10.8. The van der Waals surface area contributed by atoms with Gasteiger partial charge in [-0.05, 0) is 46.5 Å². The Morgan fingerprint density at radius 3 is 1.54 bits per heavy atom. The summed E-state index contributed by atoms with van der Waals surface area (Å²) in [5.41, 5.74) is 1.04. The standard InChI is InChI=1S/C23H38Br2O/c1-2-3-4-5-6-7-8-9-10-11-12-13-14-15-16-17-20-18-21(24)19-22(25)23(20)26/h18-19,26H,2-17H2,1H3. The van der Waals surface area contributed by atoms with Crippen molar-refractivity contribution in [3.8, 4) is 5.75 Å². The Morgan fingerprint density at radius 1 is 0.654 bits per heavy atom. The van der Waals surface area contributed by atoms with Crippen molar-refractivity contribution < 1.29 is 5.11 Å². The fraction of sp³-hybridized carbons (Fsp3) is 0.739. The third-order valence-electron chi connectivity index (χ3n) is 5.16. The van der Waals surface area contributed by atoms with E-state index in [1.807, 2.05) is 12.1 Å². The summed E-state index contributed by atoms with van der Waals surface area (Å²) < 4.78 is 1.81. The lowest BCUT2D eigenvalue weighted by atomic mass is 10.0. The normalized spacial score (nSPS) is 11.2. The molecule has 0 bridgehead atoms. The second-order valence-electron chi connectivity index (χ2n) is 7.60. The summed E-state index contributed by atoms with van der Waals surface area (Å²) in [6, 6.07) is 3.93. The highest BCUT2D eigenvalue weighted by Crippen LogP contribution is 2.32. The first-order chi connectivity index (χ1) is 12.6. The van der Waals surface area contributed by atoms with Gasteiger partial charge in [0.1, 0.15) is 5.75 Å². The maximum absolute atomic E-state index is 10.1. The summed E-state index contributed by atoms with van der Waals surface area (Å²) in [6.45, 7) is 2.28. The van der Waals surface area contributed by atoms with Gasteiger partial charge in [0.2, 0.25) is 0 Å². The highest BCUT2D eigenvalue weighted by molar-refractivity contribution is 9.11. The van der Waals surface area contributed by atoms with Crippen LogP contribution in [0.15, 0.2) is 21.1 Å². The van der Waals surface area contributed by atoms with Gasteiger partial charge in [-0.25, -0.2) is 0 Å². The Bertz CT molecular complexity index is 474. The van der Waals surface area contributed by atoms with Gasteiger partial charge in [-0.3, -0.25) is 0 Å². The van der Waals surface area contributed by atoms with Crippen molar-refractivity contribution in [1.82, 2.24) is 0 Å². The van der Waals surface area contributed by atoms with Gasteiger partial charge in [-0.15, -0.1) is 0 Å². The third kappa shape index (κ3) is 11.6. The largest absolute Gasteiger partial charge is 0.506 e. The number of phenols is 1. The van der Waals surface area contributed by atoms with Crippen LogP contribution in [0, 0.1) is 0 Å². The SMILES string of the molecule is CCCCCCCCCCCCCCCCCc1cc(Br)cc(Br)c1O. The predicted octanol–water partition coefficient (Wildman–Crippen LogP) is 9.33. The second kappa shape index (κ2) is 16.0. The van der Waals surface area contributed by atoms with Gasteiger partial charge in [0.15, 0.2) is 0 Å². The van der Waals surface area contributed by atoms with Crippen LogP contribution in [0.4, 0.5) is 0 Å². The number of aromatic hydroxyl groups is 1. The highest BCUT2D eigenvalue weighted by atomic mass is 79.9. The number of hydrogen-bond donors (Lipinski definition) is 1. The minimum absolute atomic E-state index is 0.401. The molecular weight excluding hydrogens is 452 g/mol. The zero-order valence-electron chi connectivity index (χ0n) is 16.7. The van der Waals surface area contributed by atoms with E-state index in [4.69, 9.17) is 0 Å². The van der Waals surface area contributed by atoms with E-state index < -0.39 is 0 Å². The molecule has 0 amide bonds. The molecule has 0 radical (unpaired) electrons. The lowest BCUT2D eigenvalue weighted by Crippen LogP contribution is -1.89. The van der Waals surface area contributed by atoms with E-state index >= 15 is 0 Å². The maximum atomic E-state index is 10.1. The van der Waals surface area contributed by atoms with E-state index in [1.54, 1.807) is 0 Å². The molecule has 0 saturated carbocycles. The molecule has 1 N–H and O–H groups in total. The van der Waals surface area contributed by atoms with E-state index in [9.17, 15) is 5.11 Å². The van der Waals surface area contributed by atoms with Crippen LogP contribution in [0.5, 0.6) is 5.75 Å². The van der Waals surface area contributed by atoms with E-state index in [1.165, 1.54) is 89.9 Å². The number of hydrogen-bond acceptors (Lipinski definition) is 1. The zero-order valence-corrected chi connectivity index (χ0v) is 19.8. The summed E-state index contributed by atoms with van der Waals surface area (Å²) in [5.74, 6) is 0.401. The van der Waals surface area contributed by atoms with Gasteiger partial charge in [-0.1, -0.05) is 113 Å². The van der Waals surface area contributed by atoms with Crippen LogP contribution >= 0.6 is 31.9 Å². The Balaban J connectivity index is 1.88. The summed E-state index contributed by atoms with van der Waals surface area (Å²) in [7, 11) is 0. The molecule has 0 saturated heterocycles. The van der Waals surface area contributed by atoms with Crippen molar-refractivity contribution in [2.24, 2.45) is 0 Å². The number of aryl methyl sites for hydroxylation is 1. The number of rotatable bonds is 16. The van der Waals surface area contributed by atoms with Crippen LogP contribution in [0.2, 0.25) is 0 Å². The highest BCUT2D eigenvalue weighted by Gasteiger charge is 2.07. The van der Waals surface area contributed by atoms with Gasteiger partial charge in [0.25, 0.3) is 0 Å². The molecule has 1 nitrogen and oxygen atoms in total. The summed E-state index contributed by atoms with van der Waals surface area (Å²) in [5, 5.41) is 10.1. The minimum Gasteiger partial charge on any atom is -0.506 e. The number of benzene rings is 1. The number of halogens is 2. The van der Waals surface area contributed by atoms with Crippen LogP contribution in [-0.4, -0.2) is 5.11 Å². The van der Waals surface area contributed by atoms with Crippen LogP contribution < -0.4 is 0 Å². The van der Waals surface area contributed by atoms with Crippen LogP contribution in [0.1, 0.15) is 109 Å². The van der Waals surface area contributed by atoms with Crippen molar-refractivity contribution in [2.45, 2.75) is 110 Å². The Hall–Kier alpha value is -0.0200. The molecule has 1 aromatic carbocycles. The first kappa shape index (κ1) is 24.0. The van der Waals surface area contributed by atoms with Crippen molar-refractivity contribution in [3.63, 3.8) is 0 Å². The summed E-state index contributed by atoms with van der Waals surface area (Å²) in [6.07, 6.45) is 21.7. The van der Waals surface area contributed by atoms with Crippen LogP contribution in [0.3, 0.4) is 0 Å². The number of phenolic OH excluding ortho intramolecular Hbond substituents is 1. The average Bonchev–Trinajstić information content (AvgIpc) is 2.62. The first-order valence-corrected chi connectivity index (χ1v) is 12.4. The monoisotopic (exact) mass is 488 g/mol. The minimum atomic E-state index is 0.401. The molecule has 1 rings (SSSR count). The summed E-state index contributed by atoms with van der Waals surface area (Å²) >= 11 is 6.90. The average molecular weight is 490 g/mol. The lowest BCUT2D eigenvalue weighted by Gasteiger charge is -2.07. The van der Waals surface area contributed by atoms with Gasteiger partial charge in [-0.2, -0.15) is 0 Å². The van der Waals surface area contributed by atoms with Gasteiger partial charge in [0.05, 0.1) is 4.47 Å². The molecule has 0 aliphatic heterocycles. The molecule has 0 heterocycles. The van der Waals surface area contributed by atoms with Crippen molar-refractivity contribution in [1.29, 1.82) is 0 Å². The fourth-order valence-corrected chi connectivity index (χ4v) is 4.81. The zero-order chi connectivity index (χ0) is 19.0. The molecule has 0 fully saturated rings. The molecule has 0 atom stereocenters. The topological polar surface area (TPSA) is 20.2 Å². The Kier molecular flexibility index (Phi) is 14.8. The maximum Gasteiger partial charge on any atom is 0.133 e. The second-order valence-corrected chi connectivity index (χ2v) is 9.37. The van der Waals surface area contributed by atoms with E-state index in [2.05, 4.69) is 38.8 Å². The summed E-state index contributed by atoms with van der Waals surface area (Å²) in [4.78, 5) is 0. The van der Waals surface area contributed by atoms with E-state index in [0.717, 1.165) is 27.4 Å². The van der Waals surface area contributed by atoms with Gasteiger partial charge < -0.3 is 5.11 Å². The van der Waals surface area contributed by atoms with Crippen LogP contribution in [-0.2, 0) is 6.42 Å². The van der Waals surface area contributed by atoms with Crippen molar-refractivity contribution in [3.05, 3.63) is 26.6 Å². The molecule has 3 heteroatoms. The predicted molar refractivity (Wildman–Crippen MR) is 122 cm³/mol. The van der Waals surface area contributed by atoms with E-state index in [-0.39, 0.29) is 0 Å².